The molecule has 14 heavy (non-hydrogen) atoms. The number of hydrogen-bond acceptors (Lipinski definition) is 1. The quantitative estimate of drug-likeness (QED) is 0.636. The third-order valence-corrected chi connectivity index (χ3v) is 1.92. The molecule has 1 rings (SSSR count). The fourth-order valence-electron chi connectivity index (χ4n) is 1.30. The lowest BCUT2D eigenvalue weighted by Gasteiger charge is -2.03. The van der Waals surface area contributed by atoms with Gasteiger partial charge in [0.15, 0.2) is 6.73 Å². The van der Waals surface area contributed by atoms with E-state index in [0.717, 1.165) is 13.2 Å². The van der Waals surface area contributed by atoms with Crippen LogP contribution in [0.2, 0.25) is 0 Å². The standard InChI is InChI=1S/C11H21N2O/c1-4-5-12-6-7-13(9-12)10-14-8-11(2)3/h6-7,9,11H,4-5,8,10H2,1-3H3/q+1. The molecule has 1 aromatic rings. The highest BCUT2D eigenvalue weighted by molar-refractivity contribution is 4.65. The molecule has 0 atom stereocenters. The molecule has 1 heterocycles. The minimum absolute atomic E-state index is 0.605. The van der Waals surface area contributed by atoms with Crippen LogP contribution in [0, 0.1) is 5.92 Å². The van der Waals surface area contributed by atoms with Gasteiger partial charge in [-0.1, -0.05) is 20.8 Å². The maximum Gasteiger partial charge on any atom is 0.245 e. The summed E-state index contributed by atoms with van der Waals surface area (Å²) in [6.45, 7) is 9.07. The van der Waals surface area contributed by atoms with Crippen molar-refractivity contribution in [2.75, 3.05) is 6.61 Å². The molecule has 80 valence electrons. The number of ether oxygens (including phenoxy) is 1. The number of hydrogen-bond donors (Lipinski definition) is 0. The SMILES string of the molecule is CCCn1cc[n+](COCC(C)C)c1. The smallest absolute Gasteiger partial charge is 0.245 e. The van der Waals surface area contributed by atoms with E-state index < -0.39 is 0 Å². The fraction of sp³-hybridized carbons (Fsp3) is 0.727. The van der Waals surface area contributed by atoms with Crippen LogP contribution in [0.4, 0.5) is 0 Å². The van der Waals surface area contributed by atoms with Gasteiger partial charge in [0, 0.05) is 0 Å². The maximum atomic E-state index is 5.52. The van der Waals surface area contributed by atoms with Crippen molar-refractivity contribution in [1.82, 2.24) is 4.57 Å². The zero-order valence-corrected chi connectivity index (χ0v) is 9.44. The molecule has 0 aliphatic rings. The Morgan fingerprint density at radius 3 is 2.86 bits per heavy atom. The molecule has 0 bridgehead atoms. The van der Waals surface area contributed by atoms with E-state index in [9.17, 15) is 0 Å². The Morgan fingerprint density at radius 2 is 2.21 bits per heavy atom. The molecule has 0 aliphatic carbocycles. The van der Waals surface area contributed by atoms with E-state index >= 15 is 0 Å². The van der Waals surface area contributed by atoms with Gasteiger partial charge in [0.2, 0.25) is 6.33 Å². The summed E-state index contributed by atoms with van der Waals surface area (Å²) in [5, 5.41) is 0. The van der Waals surface area contributed by atoms with E-state index in [1.807, 2.05) is 0 Å². The maximum absolute atomic E-state index is 5.52. The van der Waals surface area contributed by atoms with Crippen LogP contribution in [0.3, 0.4) is 0 Å². The van der Waals surface area contributed by atoms with Crippen molar-refractivity contribution in [2.24, 2.45) is 5.92 Å². The Labute approximate surface area is 86.3 Å². The topological polar surface area (TPSA) is 18.0 Å². The van der Waals surface area contributed by atoms with Crippen molar-refractivity contribution in [3.05, 3.63) is 18.7 Å². The minimum Gasteiger partial charge on any atom is -0.341 e. The largest absolute Gasteiger partial charge is 0.341 e. The Kier molecular flexibility index (Phi) is 4.66. The second-order valence-electron chi connectivity index (χ2n) is 4.06. The zero-order chi connectivity index (χ0) is 10.4. The van der Waals surface area contributed by atoms with Gasteiger partial charge < -0.3 is 4.74 Å². The summed E-state index contributed by atoms with van der Waals surface area (Å²) in [6, 6.07) is 0. The van der Waals surface area contributed by atoms with Crippen LogP contribution in [-0.4, -0.2) is 11.2 Å². The van der Waals surface area contributed by atoms with E-state index in [-0.39, 0.29) is 0 Å². The first-order valence-electron chi connectivity index (χ1n) is 5.35. The first-order chi connectivity index (χ1) is 6.72. The molecule has 0 unspecified atom stereocenters. The molecule has 0 aliphatic heterocycles. The lowest BCUT2D eigenvalue weighted by molar-refractivity contribution is -0.732. The van der Waals surface area contributed by atoms with Crippen LogP contribution in [0.1, 0.15) is 27.2 Å². The van der Waals surface area contributed by atoms with Crippen molar-refractivity contribution in [1.29, 1.82) is 0 Å². The molecule has 3 nitrogen and oxygen atoms in total. The number of imidazole rings is 1. The Bertz CT molecular complexity index is 256. The van der Waals surface area contributed by atoms with Gasteiger partial charge in [-0.3, -0.25) is 0 Å². The van der Waals surface area contributed by atoms with Crippen molar-refractivity contribution in [3.63, 3.8) is 0 Å². The Hall–Kier alpha value is -0.830. The Morgan fingerprint density at radius 1 is 1.43 bits per heavy atom. The fourth-order valence-corrected chi connectivity index (χ4v) is 1.30. The van der Waals surface area contributed by atoms with E-state index in [2.05, 4.69) is 48.6 Å². The number of nitrogens with zero attached hydrogens (tertiary/aromatic N) is 2. The predicted molar refractivity (Wildman–Crippen MR) is 55.7 cm³/mol. The molecule has 3 heteroatoms. The monoisotopic (exact) mass is 197 g/mol. The summed E-state index contributed by atoms with van der Waals surface area (Å²) in [7, 11) is 0. The third kappa shape index (κ3) is 3.92. The number of rotatable bonds is 6. The van der Waals surface area contributed by atoms with Crippen LogP contribution >= 0.6 is 0 Å². The average Bonchev–Trinajstić information content (AvgIpc) is 2.53. The first-order valence-corrected chi connectivity index (χ1v) is 5.35. The highest BCUT2D eigenvalue weighted by Gasteiger charge is 2.02. The van der Waals surface area contributed by atoms with Crippen molar-refractivity contribution in [3.8, 4) is 0 Å². The normalized spacial score (nSPS) is 11.1. The Balaban J connectivity index is 2.28. The van der Waals surface area contributed by atoms with Gasteiger partial charge in [-0.15, -0.1) is 0 Å². The van der Waals surface area contributed by atoms with Crippen LogP contribution < -0.4 is 4.57 Å². The van der Waals surface area contributed by atoms with Gasteiger partial charge in [-0.25, -0.2) is 9.13 Å². The molecule has 0 amide bonds. The minimum atomic E-state index is 0.605. The summed E-state index contributed by atoms with van der Waals surface area (Å²) >= 11 is 0. The van der Waals surface area contributed by atoms with Gasteiger partial charge >= 0.3 is 0 Å². The first kappa shape index (κ1) is 11.2. The summed E-state index contributed by atoms with van der Waals surface area (Å²) < 4.78 is 9.77. The molecule has 0 aromatic carbocycles. The van der Waals surface area contributed by atoms with E-state index in [0.29, 0.717) is 12.6 Å². The van der Waals surface area contributed by atoms with E-state index in [1.54, 1.807) is 0 Å². The number of aromatic nitrogens is 2. The van der Waals surface area contributed by atoms with Crippen LogP contribution in [0.25, 0.3) is 0 Å². The third-order valence-electron chi connectivity index (χ3n) is 1.92. The lowest BCUT2D eigenvalue weighted by atomic mass is 10.2. The van der Waals surface area contributed by atoms with Crippen molar-refractivity contribution >= 4 is 0 Å². The molecule has 0 saturated heterocycles. The molecule has 0 radical (unpaired) electrons. The molecular weight excluding hydrogens is 176 g/mol. The molecule has 0 fully saturated rings. The van der Waals surface area contributed by atoms with Gasteiger partial charge in [0.1, 0.15) is 12.4 Å². The average molecular weight is 197 g/mol. The van der Waals surface area contributed by atoms with E-state index in [4.69, 9.17) is 4.74 Å². The van der Waals surface area contributed by atoms with Crippen molar-refractivity contribution in [2.45, 2.75) is 40.5 Å². The van der Waals surface area contributed by atoms with Crippen LogP contribution in [0.5, 0.6) is 0 Å². The van der Waals surface area contributed by atoms with Gasteiger partial charge in [0.05, 0.1) is 13.2 Å². The van der Waals surface area contributed by atoms with Gasteiger partial charge in [0.25, 0.3) is 0 Å². The van der Waals surface area contributed by atoms with Crippen LogP contribution in [0.15, 0.2) is 18.7 Å². The van der Waals surface area contributed by atoms with Crippen molar-refractivity contribution < 1.29 is 9.30 Å². The molecule has 0 spiro atoms. The molecular formula is C11H21N2O+. The zero-order valence-electron chi connectivity index (χ0n) is 9.44. The second kappa shape index (κ2) is 5.81. The van der Waals surface area contributed by atoms with Crippen LogP contribution in [-0.2, 0) is 18.0 Å². The predicted octanol–water partition coefficient (Wildman–Crippen LogP) is 1.82. The molecule has 0 saturated carbocycles. The summed E-state index contributed by atoms with van der Waals surface area (Å²) in [6.07, 6.45) is 7.39. The molecule has 1 aromatic heterocycles. The summed E-state index contributed by atoms with van der Waals surface area (Å²) in [5.74, 6) is 0.605. The summed E-state index contributed by atoms with van der Waals surface area (Å²) in [5.41, 5.74) is 0. The number of aryl methyl sites for hydroxylation is 1. The summed E-state index contributed by atoms with van der Waals surface area (Å²) in [4.78, 5) is 0. The van der Waals surface area contributed by atoms with E-state index in [1.165, 1.54) is 6.42 Å². The van der Waals surface area contributed by atoms with Gasteiger partial charge in [-0.05, 0) is 12.3 Å². The second-order valence-corrected chi connectivity index (χ2v) is 4.06. The highest BCUT2D eigenvalue weighted by atomic mass is 16.5. The van der Waals surface area contributed by atoms with Gasteiger partial charge in [-0.2, -0.15) is 0 Å². The highest BCUT2D eigenvalue weighted by Crippen LogP contribution is 1.92. The molecule has 0 N–H and O–H groups in total. The lowest BCUT2D eigenvalue weighted by Crippen LogP contribution is -2.33.